The largest absolute Gasteiger partial charge is 0.378 e. The molecule has 0 atom stereocenters. The van der Waals surface area contributed by atoms with Gasteiger partial charge in [-0.15, -0.1) is 0 Å². The lowest BCUT2D eigenvalue weighted by Crippen LogP contribution is -2.23. The number of benzene rings is 2. The first-order valence-corrected chi connectivity index (χ1v) is 7.36. The summed E-state index contributed by atoms with van der Waals surface area (Å²) in [7, 11) is 1.97. The molecule has 3 aromatic rings. The van der Waals surface area contributed by atoms with E-state index in [1.807, 2.05) is 66.4 Å². The maximum absolute atomic E-state index is 12.9. The van der Waals surface area contributed by atoms with Crippen molar-refractivity contribution in [3.05, 3.63) is 77.1 Å². The van der Waals surface area contributed by atoms with Crippen molar-refractivity contribution in [2.45, 2.75) is 6.54 Å². The Morgan fingerprint density at radius 3 is 2.77 bits per heavy atom. The van der Waals surface area contributed by atoms with Gasteiger partial charge < -0.3 is 9.88 Å². The second kappa shape index (κ2) is 4.88. The number of hydrogen-bond acceptors (Lipinski definition) is 2. The summed E-state index contributed by atoms with van der Waals surface area (Å²) in [5.41, 5.74) is 4.82. The summed E-state index contributed by atoms with van der Waals surface area (Å²) in [4.78, 5) is 12.9. The van der Waals surface area contributed by atoms with E-state index in [9.17, 15) is 4.79 Å². The lowest BCUT2D eigenvalue weighted by Gasteiger charge is -2.17. The molecular formula is C19H16N2O. The minimum absolute atomic E-state index is 0.0475. The van der Waals surface area contributed by atoms with Gasteiger partial charge in [-0.05, 0) is 23.3 Å². The number of aromatic nitrogens is 1. The third kappa shape index (κ3) is 1.94. The molecule has 108 valence electrons. The van der Waals surface area contributed by atoms with Crippen LogP contribution in [0.4, 0.5) is 0 Å². The number of nitrogens with one attached hydrogen (secondary N) is 1. The van der Waals surface area contributed by atoms with Gasteiger partial charge in [0.2, 0.25) is 5.78 Å². The number of aryl methyl sites for hydroxylation is 1. The molecule has 0 bridgehead atoms. The van der Waals surface area contributed by atoms with Crippen LogP contribution >= 0.6 is 0 Å². The minimum atomic E-state index is 0.0475. The van der Waals surface area contributed by atoms with Crippen LogP contribution in [0.3, 0.4) is 0 Å². The van der Waals surface area contributed by atoms with Crippen molar-refractivity contribution >= 4 is 22.8 Å². The first-order valence-electron chi connectivity index (χ1n) is 7.36. The molecule has 2 aromatic carbocycles. The van der Waals surface area contributed by atoms with Crippen LogP contribution in [0.5, 0.6) is 0 Å². The zero-order chi connectivity index (χ0) is 15.1. The molecule has 0 radical (unpaired) electrons. The van der Waals surface area contributed by atoms with E-state index in [2.05, 4.69) is 11.4 Å². The number of Topliss-reactive ketones (excluding diaryl/α,β-unsaturated/α-hetero) is 1. The number of ketones is 1. The van der Waals surface area contributed by atoms with Gasteiger partial charge in [0.15, 0.2) is 0 Å². The van der Waals surface area contributed by atoms with E-state index in [1.54, 1.807) is 0 Å². The minimum Gasteiger partial charge on any atom is -0.378 e. The van der Waals surface area contributed by atoms with Crippen molar-refractivity contribution in [1.29, 1.82) is 0 Å². The molecule has 1 aromatic heterocycles. The molecule has 0 saturated heterocycles. The molecule has 0 amide bonds. The lowest BCUT2D eigenvalue weighted by molar-refractivity contribution is 0.102. The number of allylic oxidation sites excluding steroid dienone is 1. The fourth-order valence-corrected chi connectivity index (χ4v) is 3.05. The Morgan fingerprint density at radius 1 is 1.09 bits per heavy atom. The molecular weight excluding hydrogens is 272 g/mol. The van der Waals surface area contributed by atoms with Crippen LogP contribution in [0.1, 0.15) is 21.5 Å². The molecule has 22 heavy (non-hydrogen) atoms. The molecule has 3 nitrogen and oxygen atoms in total. The van der Waals surface area contributed by atoms with Gasteiger partial charge in [-0.3, -0.25) is 4.79 Å². The third-order valence-corrected chi connectivity index (χ3v) is 4.21. The molecule has 0 aliphatic carbocycles. The Bertz CT molecular complexity index is 918. The Balaban J connectivity index is 1.80. The van der Waals surface area contributed by atoms with Gasteiger partial charge in [0.1, 0.15) is 0 Å². The van der Waals surface area contributed by atoms with Crippen molar-refractivity contribution < 1.29 is 4.79 Å². The van der Waals surface area contributed by atoms with Crippen LogP contribution in [0.25, 0.3) is 17.0 Å². The van der Waals surface area contributed by atoms with E-state index in [4.69, 9.17) is 0 Å². The SMILES string of the molecule is Cn1cc(C(=O)C2=Cc3ccccc3CN2)c2ccccc21. The summed E-state index contributed by atoms with van der Waals surface area (Å²) in [5, 5.41) is 4.25. The summed E-state index contributed by atoms with van der Waals surface area (Å²) in [6, 6.07) is 16.1. The molecule has 0 fully saturated rings. The highest BCUT2D eigenvalue weighted by molar-refractivity contribution is 6.17. The standard InChI is InChI=1S/C19H16N2O/c1-21-12-16(15-8-4-5-9-18(15)21)19(22)17-10-13-6-2-3-7-14(13)11-20-17/h2-10,12,20H,11H2,1H3. The molecule has 2 heterocycles. The van der Waals surface area contributed by atoms with Gasteiger partial charge in [-0.2, -0.15) is 0 Å². The number of rotatable bonds is 2. The highest BCUT2D eigenvalue weighted by Crippen LogP contribution is 2.25. The topological polar surface area (TPSA) is 34.0 Å². The van der Waals surface area contributed by atoms with Gasteiger partial charge >= 0.3 is 0 Å². The number of carbonyl (C=O) groups excluding carboxylic acids is 1. The molecule has 0 spiro atoms. The maximum atomic E-state index is 12.9. The number of carbonyl (C=O) groups is 1. The monoisotopic (exact) mass is 288 g/mol. The fraction of sp³-hybridized carbons (Fsp3) is 0.105. The quantitative estimate of drug-likeness (QED) is 0.732. The Hall–Kier alpha value is -2.81. The second-order valence-electron chi connectivity index (χ2n) is 5.61. The summed E-state index contributed by atoms with van der Waals surface area (Å²) in [5.74, 6) is 0.0475. The van der Waals surface area contributed by atoms with Crippen LogP contribution in [0.2, 0.25) is 0 Å². The molecule has 3 heteroatoms. The predicted molar refractivity (Wildman–Crippen MR) is 88.5 cm³/mol. The highest BCUT2D eigenvalue weighted by atomic mass is 16.1. The second-order valence-corrected chi connectivity index (χ2v) is 5.61. The van der Waals surface area contributed by atoms with E-state index in [1.165, 1.54) is 5.56 Å². The Morgan fingerprint density at radius 2 is 1.86 bits per heavy atom. The normalized spacial score (nSPS) is 13.4. The molecule has 1 aliphatic heterocycles. The van der Waals surface area contributed by atoms with Crippen LogP contribution < -0.4 is 5.32 Å². The molecule has 0 unspecified atom stereocenters. The van der Waals surface area contributed by atoms with Crippen LogP contribution in [0, 0.1) is 0 Å². The number of hydrogen-bond donors (Lipinski definition) is 1. The van der Waals surface area contributed by atoms with Crippen molar-refractivity contribution in [3.63, 3.8) is 0 Å². The number of nitrogens with zero attached hydrogens (tertiary/aromatic N) is 1. The fourth-order valence-electron chi connectivity index (χ4n) is 3.05. The van der Waals surface area contributed by atoms with E-state index in [0.29, 0.717) is 12.2 Å². The highest BCUT2D eigenvalue weighted by Gasteiger charge is 2.20. The van der Waals surface area contributed by atoms with Crippen molar-refractivity contribution in [2.75, 3.05) is 0 Å². The Kier molecular flexibility index (Phi) is 2.86. The first-order chi connectivity index (χ1) is 10.7. The Labute approximate surface area is 128 Å². The van der Waals surface area contributed by atoms with Crippen LogP contribution in [-0.4, -0.2) is 10.4 Å². The van der Waals surface area contributed by atoms with Crippen LogP contribution in [-0.2, 0) is 13.6 Å². The van der Waals surface area contributed by atoms with Gasteiger partial charge in [0, 0.05) is 36.3 Å². The van der Waals surface area contributed by atoms with Crippen molar-refractivity contribution in [3.8, 4) is 0 Å². The van der Waals surface area contributed by atoms with Gasteiger partial charge in [-0.25, -0.2) is 0 Å². The summed E-state index contributed by atoms with van der Waals surface area (Å²) in [6.45, 7) is 0.693. The predicted octanol–water partition coefficient (Wildman–Crippen LogP) is 3.51. The van der Waals surface area contributed by atoms with Crippen molar-refractivity contribution in [1.82, 2.24) is 9.88 Å². The van der Waals surface area contributed by atoms with Gasteiger partial charge in [-0.1, -0.05) is 42.5 Å². The summed E-state index contributed by atoms with van der Waals surface area (Å²) in [6.07, 6.45) is 3.86. The molecule has 1 aliphatic rings. The van der Waals surface area contributed by atoms with Crippen LogP contribution in [0.15, 0.2) is 60.4 Å². The van der Waals surface area contributed by atoms with Gasteiger partial charge in [0.25, 0.3) is 0 Å². The number of para-hydroxylation sites is 1. The lowest BCUT2D eigenvalue weighted by atomic mass is 9.99. The third-order valence-electron chi connectivity index (χ3n) is 4.21. The maximum Gasteiger partial charge on any atom is 0.211 e. The summed E-state index contributed by atoms with van der Waals surface area (Å²) >= 11 is 0. The molecule has 0 saturated carbocycles. The smallest absolute Gasteiger partial charge is 0.211 e. The number of fused-ring (bicyclic) bond motifs is 2. The average molecular weight is 288 g/mol. The molecule has 4 rings (SSSR count). The van der Waals surface area contributed by atoms with E-state index in [-0.39, 0.29) is 5.78 Å². The zero-order valence-corrected chi connectivity index (χ0v) is 12.3. The van der Waals surface area contributed by atoms with E-state index in [0.717, 1.165) is 22.0 Å². The first kappa shape index (κ1) is 12.9. The van der Waals surface area contributed by atoms with Crippen molar-refractivity contribution in [2.24, 2.45) is 7.05 Å². The van der Waals surface area contributed by atoms with E-state index < -0.39 is 0 Å². The zero-order valence-electron chi connectivity index (χ0n) is 12.3. The molecule has 1 N–H and O–H groups in total. The van der Waals surface area contributed by atoms with Gasteiger partial charge in [0.05, 0.1) is 5.70 Å². The van der Waals surface area contributed by atoms with E-state index >= 15 is 0 Å². The summed E-state index contributed by atoms with van der Waals surface area (Å²) < 4.78 is 2.00. The average Bonchev–Trinajstić information content (AvgIpc) is 2.91.